The molecule has 0 aliphatic heterocycles. The Hall–Kier alpha value is -1.78. The zero-order valence-electron chi connectivity index (χ0n) is 11.3. The van der Waals surface area contributed by atoms with E-state index in [1.807, 2.05) is 0 Å². The second-order valence-electron chi connectivity index (χ2n) is 5.07. The molecule has 0 rings (SSSR count). The summed E-state index contributed by atoms with van der Waals surface area (Å²) >= 11 is 0. The number of aliphatic carboxylic acids is 1. The molecule has 0 fully saturated rings. The molecule has 18 heavy (non-hydrogen) atoms. The zero-order valence-corrected chi connectivity index (χ0v) is 11.3. The highest BCUT2D eigenvalue weighted by molar-refractivity contribution is 5.83. The van der Waals surface area contributed by atoms with Crippen LogP contribution in [0.2, 0.25) is 0 Å². The Morgan fingerprint density at radius 2 is 1.72 bits per heavy atom. The highest BCUT2D eigenvalue weighted by atomic mass is 16.4. The van der Waals surface area contributed by atoms with E-state index >= 15 is 0 Å². The van der Waals surface area contributed by atoms with Crippen LogP contribution >= 0.6 is 0 Å². The number of nitrogens with one attached hydrogen (secondary N) is 1. The van der Waals surface area contributed by atoms with Crippen LogP contribution in [-0.4, -0.2) is 41.1 Å². The second kappa shape index (κ2) is 6.83. The lowest BCUT2D eigenvalue weighted by atomic mass is 9.87. The van der Waals surface area contributed by atoms with Gasteiger partial charge < -0.3 is 15.3 Å². The molecule has 0 aliphatic rings. The smallest absolute Gasteiger partial charge is 0.326 e. The van der Waals surface area contributed by atoms with Crippen molar-refractivity contribution in [1.29, 1.82) is 0 Å². The highest BCUT2D eigenvalue weighted by Gasteiger charge is 2.33. The Morgan fingerprint density at radius 3 is 2.00 bits per heavy atom. The van der Waals surface area contributed by atoms with Gasteiger partial charge in [0, 0.05) is 13.1 Å². The fourth-order valence-electron chi connectivity index (χ4n) is 1.42. The number of carboxylic acid groups (broad SMARTS) is 1. The molecule has 0 radical (unpaired) electrons. The van der Waals surface area contributed by atoms with E-state index in [1.54, 1.807) is 32.9 Å². The maximum absolute atomic E-state index is 11.9. The van der Waals surface area contributed by atoms with Crippen LogP contribution < -0.4 is 5.32 Å². The van der Waals surface area contributed by atoms with Crippen LogP contribution in [-0.2, 0) is 4.79 Å². The molecule has 0 saturated carbocycles. The van der Waals surface area contributed by atoms with Crippen molar-refractivity contribution in [3.63, 3.8) is 0 Å². The monoisotopic (exact) mass is 254 g/mol. The van der Waals surface area contributed by atoms with Crippen molar-refractivity contribution in [3.8, 4) is 0 Å². The fourth-order valence-corrected chi connectivity index (χ4v) is 1.42. The van der Waals surface area contributed by atoms with Gasteiger partial charge in [0.25, 0.3) is 0 Å². The first-order valence-corrected chi connectivity index (χ1v) is 5.74. The normalized spacial score (nSPS) is 12.4. The van der Waals surface area contributed by atoms with Gasteiger partial charge in [0.1, 0.15) is 6.04 Å². The van der Waals surface area contributed by atoms with Crippen molar-refractivity contribution in [2.24, 2.45) is 5.41 Å². The maximum Gasteiger partial charge on any atom is 0.326 e. The van der Waals surface area contributed by atoms with Crippen molar-refractivity contribution in [3.05, 3.63) is 25.3 Å². The first-order chi connectivity index (χ1) is 8.23. The summed E-state index contributed by atoms with van der Waals surface area (Å²) in [4.78, 5) is 24.5. The highest BCUT2D eigenvalue weighted by Crippen LogP contribution is 2.19. The summed E-state index contributed by atoms with van der Waals surface area (Å²) in [6.07, 6.45) is 3.16. The molecule has 0 unspecified atom stereocenters. The van der Waals surface area contributed by atoms with Gasteiger partial charge in [-0.05, 0) is 5.41 Å². The van der Waals surface area contributed by atoms with Crippen LogP contribution in [0.3, 0.4) is 0 Å². The van der Waals surface area contributed by atoms with E-state index in [2.05, 4.69) is 18.5 Å². The summed E-state index contributed by atoms with van der Waals surface area (Å²) in [5.41, 5.74) is -0.560. The number of urea groups is 1. The molecule has 2 amide bonds. The van der Waals surface area contributed by atoms with Gasteiger partial charge in [-0.2, -0.15) is 0 Å². The minimum atomic E-state index is -1.05. The third-order valence-corrected chi connectivity index (χ3v) is 2.37. The molecule has 1 atom stereocenters. The van der Waals surface area contributed by atoms with Gasteiger partial charge in [-0.1, -0.05) is 32.9 Å². The van der Waals surface area contributed by atoms with Crippen molar-refractivity contribution in [2.45, 2.75) is 26.8 Å². The lowest BCUT2D eigenvalue weighted by molar-refractivity contribution is -0.142. The Labute approximate surface area is 108 Å². The molecule has 5 nitrogen and oxygen atoms in total. The van der Waals surface area contributed by atoms with E-state index in [9.17, 15) is 9.59 Å². The molecule has 0 aliphatic carbocycles. The number of hydrogen-bond acceptors (Lipinski definition) is 2. The molecular formula is C13H22N2O3. The Bertz CT molecular complexity index is 322. The molecule has 102 valence electrons. The zero-order chi connectivity index (χ0) is 14.3. The molecule has 0 spiro atoms. The molecule has 0 aromatic rings. The predicted molar refractivity (Wildman–Crippen MR) is 71.4 cm³/mol. The molecule has 5 heteroatoms. The maximum atomic E-state index is 11.9. The summed E-state index contributed by atoms with van der Waals surface area (Å²) < 4.78 is 0. The van der Waals surface area contributed by atoms with E-state index < -0.39 is 23.5 Å². The van der Waals surface area contributed by atoms with Gasteiger partial charge in [-0.3, -0.25) is 0 Å². The van der Waals surface area contributed by atoms with Gasteiger partial charge in [-0.15, -0.1) is 13.2 Å². The Balaban J connectivity index is 4.81. The summed E-state index contributed by atoms with van der Waals surface area (Å²) in [7, 11) is 0. The van der Waals surface area contributed by atoms with Gasteiger partial charge in [0.05, 0.1) is 0 Å². The first kappa shape index (κ1) is 16.2. The summed E-state index contributed by atoms with van der Waals surface area (Å²) in [6.45, 7) is 13.1. The van der Waals surface area contributed by atoms with E-state index in [-0.39, 0.29) is 0 Å². The third kappa shape index (κ3) is 5.03. The summed E-state index contributed by atoms with van der Waals surface area (Å²) in [6, 6.07) is -1.38. The number of carbonyl (C=O) groups excluding carboxylic acids is 1. The van der Waals surface area contributed by atoms with Crippen LogP contribution in [0.5, 0.6) is 0 Å². The number of hydrogen-bond donors (Lipinski definition) is 2. The largest absolute Gasteiger partial charge is 0.480 e. The van der Waals surface area contributed by atoms with Crippen molar-refractivity contribution in [1.82, 2.24) is 10.2 Å². The van der Waals surface area contributed by atoms with Crippen molar-refractivity contribution in [2.75, 3.05) is 13.1 Å². The average Bonchev–Trinajstić information content (AvgIpc) is 2.23. The molecule has 0 saturated heterocycles. The van der Waals surface area contributed by atoms with Crippen molar-refractivity contribution >= 4 is 12.0 Å². The van der Waals surface area contributed by atoms with Gasteiger partial charge in [0.2, 0.25) is 0 Å². The second-order valence-corrected chi connectivity index (χ2v) is 5.07. The molecule has 0 aromatic heterocycles. The Kier molecular flexibility index (Phi) is 6.16. The number of nitrogens with zero attached hydrogens (tertiary/aromatic N) is 1. The predicted octanol–water partition coefficient (Wildman–Crippen LogP) is 1.87. The van der Waals surface area contributed by atoms with Gasteiger partial charge in [-0.25, -0.2) is 9.59 Å². The summed E-state index contributed by atoms with van der Waals surface area (Å²) in [5.74, 6) is -1.05. The van der Waals surface area contributed by atoms with E-state index in [0.717, 1.165) is 0 Å². The number of amides is 2. The standard InChI is InChI=1S/C13H22N2O3/c1-6-8-15(9-7-2)12(18)14-10(11(16)17)13(3,4)5/h6-7,10H,1-2,8-9H2,3-5H3,(H,14,18)(H,16,17)/t10-/m1/s1. The van der Waals surface area contributed by atoms with Crippen molar-refractivity contribution < 1.29 is 14.7 Å². The van der Waals surface area contributed by atoms with E-state index in [1.165, 1.54) is 4.90 Å². The first-order valence-electron chi connectivity index (χ1n) is 5.74. The van der Waals surface area contributed by atoms with Crippen LogP contribution in [0.25, 0.3) is 0 Å². The molecule has 2 N–H and O–H groups in total. The number of carboxylic acids is 1. The number of carbonyl (C=O) groups is 2. The lowest BCUT2D eigenvalue weighted by Crippen LogP contribution is -2.53. The molecule has 0 aromatic carbocycles. The minimum absolute atomic E-state index is 0.342. The molecule has 0 bridgehead atoms. The van der Waals surface area contributed by atoms with Crippen LogP contribution in [0, 0.1) is 5.41 Å². The van der Waals surface area contributed by atoms with Gasteiger partial charge in [0.15, 0.2) is 0 Å². The quantitative estimate of drug-likeness (QED) is 0.711. The Morgan fingerprint density at radius 1 is 1.28 bits per heavy atom. The van der Waals surface area contributed by atoms with Crippen LogP contribution in [0.1, 0.15) is 20.8 Å². The lowest BCUT2D eigenvalue weighted by Gasteiger charge is -2.30. The molecular weight excluding hydrogens is 232 g/mol. The minimum Gasteiger partial charge on any atom is -0.480 e. The van der Waals surface area contributed by atoms with Crippen LogP contribution in [0.4, 0.5) is 4.79 Å². The fraction of sp³-hybridized carbons (Fsp3) is 0.538. The van der Waals surface area contributed by atoms with Gasteiger partial charge >= 0.3 is 12.0 Å². The van der Waals surface area contributed by atoms with Crippen LogP contribution in [0.15, 0.2) is 25.3 Å². The third-order valence-electron chi connectivity index (χ3n) is 2.37. The topological polar surface area (TPSA) is 69.6 Å². The van der Waals surface area contributed by atoms with E-state index in [4.69, 9.17) is 5.11 Å². The molecule has 0 heterocycles. The average molecular weight is 254 g/mol. The summed E-state index contributed by atoms with van der Waals surface area (Å²) in [5, 5.41) is 11.6. The van der Waals surface area contributed by atoms with E-state index in [0.29, 0.717) is 13.1 Å². The number of rotatable bonds is 6. The SMILES string of the molecule is C=CCN(CC=C)C(=O)N[C@H](C(=O)O)C(C)(C)C.